The average molecular weight is 253 g/mol. The van der Waals surface area contributed by atoms with E-state index in [-0.39, 0.29) is 12.1 Å². The molecule has 0 saturated heterocycles. The number of nitrogens with two attached hydrogens (primary N) is 2. The van der Waals surface area contributed by atoms with Crippen LogP contribution in [-0.2, 0) is 0 Å². The molecule has 2 nitrogen and oxygen atoms in total. The van der Waals surface area contributed by atoms with Gasteiger partial charge in [-0.1, -0.05) is 43.0 Å². The van der Waals surface area contributed by atoms with Crippen LogP contribution in [0.15, 0.2) is 24.3 Å². The van der Waals surface area contributed by atoms with Crippen LogP contribution in [-0.4, -0.2) is 6.04 Å². The van der Waals surface area contributed by atoms with Crippen molar-refractivity contribution in [3.63, 3.8) is 0 Å². The van der Waals surface area contributed by atoms with Crippen LogP contribution in [0.2, 0.25) is 5.02 Å². The quantitative estimate of drug-likeness (QED) is 0.868. The smallest absolute Gasteiger partial charge is 0.0451 e. The molecule has 2 rings (SSSR count). The molecule has 0 unspecified atom stereocenters. The summed E-state index contributed by atoms with van der Waals surface area (Å²) in [5.41, 5.74) is 13.6. The van der Waals surface area contributed by atoms with E-state index in [1.165, 1.54) is 32.1 Å². The largest absolute Gasteiger partial charge is 0.326 e. The molecule has 1 fully saturated rings. The number of halogens is 1. The molecule has 1 aliphatic rings. The zero-order valence-electron chi connectivity index (χ0n) is 10.1. The second-order valence-corrected chi connectivity index (χ2v) is 5.49. The average Bonchev–Trinajstić information content (AvgIpc) is 2.39. The van der Waals surface area contributed by atoms with Crippen LogP contribution in [0.3, 0.4) is 0 Å². The maximum absolute atomic E-state index is 6.30. The van der Waals surface area contributed by atoms with E-state index in [2.05, 4.69) is 0 Å². The number of benzene rings is 1. The van der Waals surface area contributed by atoms with Crippen LogP contribution >= 0.6 is 11.6 Å². The lowest BCUT2D eigenvalue weighted by Crippen LogP contribution is -2.41. The van der Waals surface area contributed by atoms with Gasteiger partial charge in [0.25, 0.3) is 0 Å². The van der Waals surface area contributed by atoms with E-state index in [4.69, 9.17) is 23.1 Å². The van der Waals surface area contributed by atoms with Gasteiger partial charge in [-0.05, 0) is 36.5 Å². The molecule has 94 valence electrons. The van der Waals surface area contributed by atoms with Gasteiger partial charge in [0.15, 0.2) is 0 Å². The van der Waals surface area contributed by atoms with Gasteiger partial charge in [-0.25, -0.2) is 0 Å². The molecule has 0 aliphatic heterocycles. The van der Waals surface area contributed by atoms with Gasteiger partial charge in [-0.2, -0.15) is 0 Å². The summed E-state index contributed by atoms with van der Waals surface area (Å²) in [6.07, 6.45) is 6.39. The van der Waals surface area contributed by atoms with E-state index in [1.807, 2.05) is 24.3 Å². The van der Waals surface area contributed by atoms with Crippen LogP contribution in [0.1, 0.15) is 43.7 Å². The van der Waals surface area contributed by atoms with E-state index in [0.29, 0.717) is 5.92 Å². The van der Waals surface area contributed by atoms with Crippen molar-refractivity contribution in [1.82, 2.24) is 0 Å². The third-order valence-electron chi connectivity index (χ3n) is 3.86. The van der Waals surface area contributed by atoms with Crippen molar-refractivity contribution in [2.75, 3.05) is 0 Å². The molecule has 1 aromatic carbocycles. The van der Waals surface area contributed by atoms with Gasteiger partial charge in [0.05, 0.1) is 0 Å². The summed E-state index contributed by atoms with van der Waals surface area (Å²) in [5, 5.41) is 0.743. The Balaban J connectivity index is 2.02. The van der Waals surface area contributed by atoms with E-state index < -0.39 is 0 Å². The first-order valence-corrected chi connectivity index (χ1v) is 6.83. The molecule has 2 atom stereocenters. The highest BCUT2D eigenvalue weighted by molar-refractivity contribution is 6.30. The Bertz CT molecular complexity index is 344. The molecule has 0 amide bonds. The molecule has 0 radical (unpaired) electrons. The Labute approximate surface area is 108 Å². The lowest BCUT2D eigenvalue weighted by atomic mass is 9.80. The summed E-state index contributed by atoms with van der Waals surface area (Å²) in [4.78, 5) is 0. The first-order chi connectivity index (χ1) is 8.18. The first-order valence-electron chi connectivity index (χ1n) is 6.45. The SMILES string of the molecule is N[C@H](c1ccc(Cl)cc1)[C@@H](N)C1CCCCC1. The topological polar surface area (TPSA) is 52.0 Å². The fourth-order valence-electron chi connectivity index (χ4n) is 2.72. The second-order valence-electron chi connectivity index (χ2n) is 5.05. The predicted octanol–water partition coefficient (Wildman–Crippen LogP) is 3.25. The zero-order chi connectivity index (χ0) is 12.3. The fraction of sp³-hybridized carbons (Fsp3) is 0.571. The Morgan fingerprint density at radius 2 is 1.59 bits per heavy atom. The number of rotatable bonds is 3. The molecule has 1 aliphatic carbocycles. The van der Waals surface area contributed by atoms with Crippen LogP contribution in [0.5, 0.6) is 0 Å². The van der Waals surface area contributed by atoms with Gasteiger partial charge in [0, 0.05) is 17.1 Å². The Morgan fingerprint density at radius 1 is 1.00 bits per heavy atom. The van der Waals surface area contributed by atoms with Crippen molar-refractivity contribution in [3.05, 3.63) is 34.9 Å². The van der Waals surface area contributed by atoms with Crippen molar-refractivity contribution in [1.29, 1.82) is 0 Å². The van der Waals surface area contributed by atoms with E-state index in [0.717, 1.165) is 10.6 Å². The maximum atomic E-state index is 6.30. The number of hydrogen-bond acceptors (Lipinski definition) is 2. The highest BCUT2D eigenvalue weighted by atomic mass is 35.5. The summed E-state index contributed by atoms with van der Waals surface area (Å²) < 4.78 is 0. The second kappa shape index (κ2) is 5.85. The van der Waals surface area contributed by atoms with Gasteiger partial charge >= 0.3 is 0 Å². The lowest BCUT2D eigenvalue weighted by molar-refractivity contribution is 0.279. The fourth-order valence-corrected chi connectivity index (χ4v) is 2.85. The Hall–Kier alpha value is -0.570. The highest BCUT2D eigenvalue weighted by Crippen LogP contribution is 2.30. The number of hydrogen-bond donors (Lipinski definition) is 2. The van der Waals surface area contributed by atoms with Crippen LogP contribution in [0.25, 0.3) is 0 Å². The molecule has 1 aromatic rings. The first kappa shape index (κ1) is 12.9. The van der Waals surface area contributed by atoms with Gasteiger partial charge in [0.2, 0.25) is 0 Å². The highest BCUT2D eigenvalue weighted by Gasteiger charge is 2.26. The molecule has 0 aromatic heterocycles. The molecule has 1 saturated carbocycles. The molecule has 0 spiro atoms. The van der Waals surface area contributed by atoms with Crippen molar-refractivity contribution >= 4 is 11.6 Å². The molecule has 0 bridgehead atoms. The molecule has 3 heteroatoms. The van der Waals surface area contributed by atoms with Gasteiger partial charge in [-0.3, -0.25) is 0 Å². The summed E-state index contributed by atoms with van der Waals surface area (Å²) in [7, 11) is 0. The minimum atomic E-state index is -0.0737. The summed E-state index contributed by atoms with van der Waals surface area (Å²) >= 11 is 5.87. The molecular weight excluding hydrogens is 232 g/mol. The minimum absolute atomic E-state index is 0.0662. The molecule has 4 N–H and O–H groups in total. The maximum Gasteiger partial charge on any atom is 0.0451 e. The standard InChI is InChI=1S/C14H21ClN2/c15-12-8-6-11(7-9-12)14(17)13(16)10-4-2-1-3-5-10/h6-10,13-14H,1-5,16-17H2/t13-,14+/m0/s1. The van der Waals surface area contributed by atoms with E-state index in [1.54, 1.807) is 0 Å². The van der Waals surface area contributed by atoms with Gasteiger partial charge in [0.1, 0.15) is 0 Å². The third-order valence-corrected chi connectivity index (χ3v) is 4.12. The normalized spacial score (nSPS) is 21.1. The van der Waals surface area contributed by atoms with Crippen LogP contribution < -0.4 is 11.5 Å². The van der Waals surface area contributed by atoms with Crippen molar-refractivity contribution < 1.29 is 0 Å². The third kappa shape index (κ3) is 3.21. The summed E-state index contributed by atoms with van der Waals surface area (Å²) in [6.45, 7) is 0. The van der Waals surface area contributed by atoms with E-state index >= 15 is 0 Å². The Morgan fingerprint density at radius 3 is 2.18 bits per heavy atom. The van der Waals surface area contributed by atoms with Crippen molar-refractivity contribution in [3.8, 4) is 0 Å². The summed E-state index contributed by atoms with van der Waals surface area (Å²) in [6, 6.07) is 7.71. The summed E-state index contributed by atoms with van der Waals surface area (Å²) in [5.74, 6) is 0.578. The van der Waals surface area contributed by atoms with Gasteiger partial charge in [-0.15, -0.1) is 0 Å². The zero-order valence-corrected chi connectivity index (χ0v) is 10.9. The van der Waals surface area contributed by atoms with Crippen molar-refractivity contribution in [2.24, 2.45) is 17.4 Å². The van der Waals surface area contributed by atoms with Gasteiger partial charge < -0.3 is 11.5 Å². The van der Waals surface area contributed by atoms with Crippen LogP contribution in [0, 0.1) is 5.92 Å². The monoisotopic (exact) mass is 252 g/mol. The minimum Gasteiger partial charge on any atom is -0.326 e. The molecule has 0 heterocycles. The molecule has 17 heavy (non-hydrogen) atoms. The lowest BCUT2D eigenvalue weighted by Gasteiger charge is -2.31. The van der Waals surface area contributed by atoms with Crippen molar-refractivity contribution in [2.45, 2.75) is 44.2 Å². The van der Waals surface area contributed by atoms with Crippen LogP contribution in [0.4, 0.5) is 0 Å². The Kier molecular flexibility index (Phi) is 4.43. The van der Waals surface area contributed by atoms with E-state index in [9.17, 15) is 0 Å². The molecular formula is C14H21ClN2. The predicted molar refractivity (Wildman–Crippen MR) is 72.9 cm³/mol.